The molecule has 2 aliphatic heterocycles. The van der Waals surface area contributed by atoms with Gasteiger partial charge in [-0.2, -0.15) is 8.78 Å². The number of hydrogen-bond donors (Lipinski definition) is 5. The lowest BCUT2D eigenvalue weighted by atomic mass is 10.1. The van der Waals surface area contributed by atoms with Crippen molar-refractivity contribution in [1.29, 1.82) is 0 Å². The van der Waals surface area contributed by atoms with Crippen molar-refractivity contribution in [3.8, 4) is 0 Å². The van der Waals surface area contributed by atoms with Crippen LogP contribution in [0.1, 0.15) is 84.0 Å². The highest BCUT2D eigenvalue weighted by atomic mass is 19.3. The van der Waals surface area contributed by atoms with E-state index in [1.54, 1.807) is 0 Å². The van der Waals surface area contributed by atoms with Gasteiger partial charge in [0, 0.05) is 12.7 Å². The van der Waals surface area contributed by atoms with Crippen LogP contribution in [0.15, 0.2) is 36.6 Å². The van der Waals surface area contributed by atoms with Crippen LogP contribution in [-0.4, -0.2) is 70.9 Å². The first-order chi connectivity index (χ1) is 18.8. The summed E-state index contributed by atoms with van der Waals surface area (Å²) in [5.74, 6) is -3.77. The second-order valence-corrected chi connectivity index (χ2v) is 9.99. The number of allylic oxidation sites excluding steroid dienone is 4. The van der Waals surface area contributed by atoms with Gasteiger partial charge in [0.05, 0.1) is 6.61 Å². The smallest absolute Gasteiger partial charge is 0.325 e. The Morgan fingerprint density at radius 2 is 1.72 bits per heavy atom. The summed E-state index contributed by atoms with van der Waals surface area (Å²) in [5, 5.41) is 26.4. The molecule has 0 aromatic rings. The van der Waals surface area contributed by atoms with Gasteiger partial charge >= 0.3 is 18.0 Å². The lowest BCUT2D eigenvalue weighted by Gasteiger charge is -2.33. The van der Waals surface area contributed by atoms with E-state index in [1.807, 2.05) is 0 Å². The molecule has 5 N–H and O–H groups in total. The van der Waals surface area contributed by atoms with Crippen molar-refractivity contribution >= 4 is 12.1 Å². The molecule has 4 amide bonds. The minimum Gasteiger partial charge on any atom is -0.394 e. The van der Waals surface area contributed by atoms with Gasteiger partial charge in [0.1, 0.15) is 12.3 Å². The predicted molar refractivity (Wildman–Crippen MR) is 146 cm³/mol. The largest absolute Gasteiger partial charge is 0.394 e. The Morgan fingerprint density at radius 3 is 2.33 bits per heavy atom. The number of nitrogens with zero attached hydrogens (tertiary/aromatic N) is 1. The highest BCUT2D eigenvalue weighted by Crippen LogP contribution is 2.38. The Kier molecular flexibility index (Phi) is 15.1. The van der Waals surface area contributed by atoms with Crippen molar-refractivity contribution < 1.29 is 33.3 Å². The average Bonchev–Trinajstić information content (AvgIpc) is 3.14. The van der Waals surface area contributed by atoms with Gasteiger partial charge in [-0.1, -0.05) is 69.8 Å². The summed E-state index contributed by atoms with van der Waals surface area (Å²) in [6, 6.07) is -1.41. The Bertz CT molecular complexity index is 824. The summed E-state index contributed by atoms with van der Waals surface area (Å²) in [6.07, 6.45) is 18.3. The number of urea groups is 2. The summed E-state index contributed by atoms with van der Waals surface area (Å²) in [6.45, 7) is 1.89. The van der Waals surface area contributed by atoms with E-state index >= 15 is 0 Å². The van der Waals surface area contributed by atoms with Crippen molar-refractivity contribution in [2.75, 3.05) is 13.2 Å². The zero-order valence-corrected chi connectivity index (χ0v) is 23.0. The Labute approximate surface area is 230 Å². The number of aliphatic hydroxyl groups is 2. The number of hydrogen-bond acceptors (Lipinski definition) is 5. The normalized spacial score (nSPS) is 24.5. The number of halogens is 2. The molecule has 1 fully saturated rings. The highest BCUT2D eigenvalue weighted by molar-refractivity contribution is 5.80. The van der Waals surface area contributed by atoms with Crippen molar-refractivity contribution in [2.45, 2.75) is 114 Å². The molecule has 39 heavy (non-hydrogen) atoms. The molecule has 9 nitrogen and oxygen atoms in total. The standard InChI is InChI=1S/C28H46F2N4O5/c1-2-3-4-5-6-7-8-9-10-11-12-13-14-15-16-17-19-31-26(37)32-23-18-20-34(27(38)33-23)25-28(29,30)24(36)22(21-35)39-25/h6-7,9-10,18,20,22-25,35-36H,2-5,8,11-17,19,21H2,1H3,(H,33,38)(H2,31,32,37)/b7-6-,10-9-/t22-,23?,24-,25-/m1/s1. The fraction of sp³-hybridized carbons (Fsp3) is 0.714. The topological polar surface area (TPSA) is 123 Å². The van der Waals surface area contributed by atoms with E-state index in [2.05, 4.69) is 47.2 Å². The second kappa shape index (κ2) is 18.0. The van der Waals surface area contributed by atoms with Gasteiger partial charge in [0.2, 0.25) is 6.23 Å². The van der Waals surface area contributed by atoms with E-state index in [1.165, 1.54) is 44.6 Å². The van der Waals surface area contributed by atoms with Gasteiger partial charge in [-0.3, -0.25) is 4.90 Å². The minimum absolute atomic E-state index is 0.486. The molecule has 2 heterocycles. The van der Waals surface area contributed by atoms with Crippen molar-refractivity contribution in [3.05, 3.63) is 36.6 Å². The zero-order chi connectivity index (χ0) is 28.5. The molecule has 0 saturated carbocycles. The highest BCUT2D eigenvalue weighted by Gasteiger charge is 2.61. The third-order valence-electron chi connectivity index (χ3n) is 6.71. The number of nitrogens with one attached hydrogen (secondary N) is 3. The van der Waals surface area contributed by atoms with E-state index in [0.29, 0.717) is 11.4 Å². The minimum atomic E-state index is -3.77. The van der Waals surface area contributed by atoms with Crippen LogP contribution >= 0.6 is 0 Å². The van der Waals surface area contributed by atoms with E-state index in [9.17, 15) is 23.5 Å². The molecule has 0 bridgehead atoms. The summed E-state index contributed by atoms with van der Waals surface area (Å²) >= 11 is 0. The predicted octanol–water partition coefficient (Wildman–Crippen LogP) is 4.68. The SMILES string of the molecule is CCCCC/C=C\C/C=C\CCCCCCCCNC(=O)NC1C=CN([C@@H]2O[C@H](CO)[C@@H](O)C2(F)F)C(=O)N1. The fourth-order valence-electron chi connectivity index (χ4n) is 4.40. The first-order valence-electron chi connectivity index (χ1n) is 14.2. The van der Waals surface area contributed by atoms with E-state index in [-0.39, 0.29) is 0 Å². The number of ether oxygens (including phenoxy) is 1. The molecule has 11 heteroatoms. The van der Waals surface area contributed by atoms with Crippen LogP contribution in [-0.2, 0) is 4.74 Å². The molecule has 0 spiro atoms. The van der Waals surface area contributed by atoms with Crippen molar-refractivity contribution in [2.24, 2.45) is 0 Å². The number of amides is 4. The Balaban J connectivity index is 1.50. The molecule has 4 atom stereocenters. The van der Waals surface area contributed by atoms with Gasteiger partial charge in [-0.25, -0.2) is 9.59 Å². The monoisotopic (exact) mass is 556 g/mol. The maximum Gasteiger partial charge on any atom is 0.325 e. The molecular formula is C28H46F2N4O5. The van der Waals surface area contributed by atoms with Gasteiger partial charge in [0.15, 0.2) is 6.10 Å². The maximum absolute atomic E-state index is 14.3. The number of aliphatic hydroxyl groups excluding tert-OH is 2. The Hall–Kier alpha value is -2.50. The van der Waals surface area contributed by atoms with E-state index < -0.39 is 49.2 Å². The molecule has 1 unspecified atom stereocenters. The van der Waals surface area contributed by atoms with Crippen LogP contribution in [0, 0.1) is 0 Å². The van der Waals surface area contributed by atoms with Gasteiger partial charge in [0.25, 0.3) is 0 Å². The second-order valence-electron chi connectivity index (χ2n) is 9.99. The summed E-state index contributed by atoms with van der Waals surface area (Å²) in [4.78, 5) is 25.0. The third-order valence-corrected chi connectivity index (χ3v) is 6.71. The number of rotatable bonds is 18. The van der Waals surface area contributed by atoms with Crippen molar-refractivity contribution in [3.63, 3.8) is 0 Å². The number of alkyl halides is 2. The van der Waals surface area contributed by atoms with E-state index in [0.717, 1.165) is 44.7 Å². The molecule has 0 aromatic carbocycles. The number of carbonyl (C=O) groups is 2. The first-order valence-corrected chi connectivity index (χ1v) is 14.2. The van der Waals surface area contributed by atoms with Gasteiger partial charge in [-0.15, -0.1) is 0 Å². The molecule has 1 saturated heterocycles. The van der Waals surface area contributed by atoms with E-state index in [4.69, 9.17) is 9.84 Å². The number of unbranched alkanes of at least 4 members (excludes halogenated alkanes) is 9. The third kappa shape index (κ3) is 11.3. The summed E-state index contributed by atoms with van der Waals surface area (Å²) < 4.78 is 33.5. The van der Waals surface area contributed by atoms with Gasteiger partial charge in [-0.05, 0) is 44.6 Å². The number of carbonyl (C=O) groups excluding carboxylic acids is 2. The Morgan fingerprint density at radius 1 is 1.08 bits per heavy atom. The van der Waals surface area contributed by atoms with Crippen LogP contribution in [0.2, 0.25) is 0 Å². The molecule has 2 rings (SSSR count). The lowest BCUT2D eigenvalue weighted by molar-refractivity contribution is -0.145. The molecular weight excluding hydrogens is 510 g/mol. The summed E-state index contributed by atoms with van der Waals surface area (Å²) in [7, 11) is 0. The molecule has 0 aromatic heterocycles. The van der Waals surface area contributed by atoms with Crippen LogP contribution in [0.5, 0.6) is 0 Å². The molecule has 0 aliphatic carbocycles. The quantitative estimate of drug-likeness (QED) is 0.124. The van der Waals surface area contributed by atoms with Crippen LogP contribution < -0.4 is 16.0 Å². The molecule has 2 aliphatic rings. The van der Waals surface area contributed by atoms with Gasteiger partial charge < -0.3 is 30.9 Å². The maximum atomic E-state index is 14.3. The van der Waals surface area contributed by atoms with Crippen molar-refractivity contribution in [1.82, 2.24) is 20.9 Å². The lowest BCUT2D eigenvalue weighted by Crippen LogP contribution is -2.59. The zero-order valence-electron chi connectivity index (χ0n) is 23.0. The first kappa shape index (κ1) is 32.7. The molecule has 0 radical (unpaired) electrons. The average molecular weight is 557 g/mol. The fourth-order valence-corrected chi connectivity index (χ4v) is 4.40. The van der Waals surface area contributed by atoms with Crippen LogP contribution in [0.3, 0.4) is 0 Å². The molecule has 222 valence electrons. The van der Waals surface area contributed by atoms with Crippen LogP contribution in [0.4, 0.5) is 18.4 Å². The van der Waals surface area contributed by atoms with Crippen LogP contribution in [0.25, 0.3) is 0 Å². The summed E-state index contributed by atoms with van der Waals surface area (Å²) in [5.41, 5.74) is 0.